The number of fused-ring (bicyclic) bond motifs is 1. The lowest BCUT2D eigenvalue weighted by Crippen LogP contribution is -2.46. The highest BCUT2D eigenvalue weighted by Crippen LogP contribution is 2.34. The molecular formula is C25H30F2N2O5Si. The summed E-state index contributed by atoms with van der Waals surface area (Å²) in [7, 11) is -0.794. The highest BCUT2D eigenvalue weighted by molar-refractivity contribution is 6.89. The highest BCUT2D eigenvalue weighted by atomic mass is 28.3. The zero-order valence-electron chi connectivity index (χ0n) is 20.3. The smallest absolute Gasteiger partial charge is 0.303 e. The Hall–Kier alpha value is -3.27. The molecule has 3 rings (SSSR count). The molecule has 0 aliphatic carbocycles. The number of rotatable bonds is 8. The minimum atomic E-state index is -2.31. The number of nitrogens with zero attached hydrogens (tertiary/aromatic N) is 1. The predicted octanol–water partition coefficient (Wildman–Crippen LogP) is 3.84. The number of nitrogens with one attached hydrogen (secondary N) is 1. The fourth-order valence-electron chi connectivity index (χ4n) is 4.32. The van der Waals surface area contributed by atoms with Crippen molar-refractivity contribution in [3.8, 4) is 5.75 Å². The molecular weight excluding hydrogens is 474 g/mol. The number of carbonyl (C=O) groups is 3. The topological polar surface area (TPSA) is 95.9 Å². The Morgan fingerprint density at radius 2 is 1.80 bits per heavy atom. The maximum absolute atomic E-state index is 14.9. The van der Waals surface area contributed by atoms with Crippen LogP contribution in [0.2, 0.25) is 19.1 Å². The quantitative estimate of drug-likeness (QED) is 0.533. The van der Waals surface area contributed by atoms with Crippen molar-refractivity contribution >= 4 is 36.7 Å². The lowest BCUT2D eigenvalue weighted by molar-refractivity contribution is -0.143. The molecule has 1 aliphatic rings. The van der Waals surface area contributed by atoms with Crippen molar-refractivity contribution < 1.29 is 33.0 Å². The third kappa shape index (κ3) is 5.70. The number of ether oxygens (including phenoxy) is 1. The monoisotopic (exact) mass is 504 g/mol. The molecule has 35 heavy (non-hydrogen) atoms. The molecule has 7 nitrogen and oxygen atoms in total. The number of aliphatic carboxylic acids is 1. The summed E-state index contributed by atoms with van der Waals surface area (Å²) in [5.74, 6) is -3.07. The van der Waals surface area contributed by atoms with E-state index < -0.39 is 43.5 Å². The third-order valence-corrected chi connectivity index (χ3v) is 10.2. The lowest BCUT2D eigenvalue weighted by Gasteiger charge is -2.36. The van der Waals surface area contributed by atoms with Crippen molar-refractivity contribution in [1.82, 2.24) is 4.90 Å². The summed E-state index contributed by atoms with van der Waals surface area (Å²) < 4.78 is 35.1. The van der Waals surface area contributed by atoms with Crippen LogP contribution in [0.3, 0.4) is 0 Å². The fraction of sp³-hybridized carbons (Fsp3) is 0.400. The second-order valence-electron chi connectivity index (χ2n) is 9.24. The van der Waals surface area contributed by atoms with Gasteiger partial charge in [0.05, 0.1) is 21.6 Å². The number of halogens is 2. The molecule has 10 heteroatoms. The molecule has 2 N–H and O–H groups in total. The highest BCUT2D eigenvalue weighted by Gasteiger charge is 2.36. The van der Waals surface area contributed by atoms with Gasteiger partial charge in [-0.1, -0.05) is 32.1 Å². The summed E-state index contributed by atoms with van der Waals surface area (Å²) >= 11 is 0. The predicted molar refractivity (Wildman–Crippen MR) is 131 cm³/mol. The van der Waals surface area contributed by atoms with Crippen LogP contribution < -0.4 is 15.2 Å². The number of carbonyl (C=O) groups excluding carboxylic acids is 2. The standard InChI is InChI=1S/C25H30F2N2O5Si/c1-5-35(3,4)24-19(26)13-16(14-20(24)27)28-25(33)23-18-7-6-17(34-2)12-15(18)10-11-29(23)21(30)8-9-22(31)32/h6-7,12-14,23H,5,8-11H2,1-4H3,(H,28,33)(H,31,32)/t23-/m1/s1. The third-order valence-electron chi connectivity index (χ3n) is 6.57. The Kier molecular flexibility index (Phi) is 7.94. The molecule has 2 aromatic rings. The molecule has 0 radical (unpaired) electrons. The Bertz CT molecular complexity index is 1130. The molecule has 0 unspecified atom stereocenters. The van der Waals surface area contributed by atoms with Crippen LogP contribution in [0.5, 0.6) is 5.75 Å². The summed E-state index contributed by atoms with van der Waals surface area (Å²) in [5, 5.41) is 11.6. The molecule has 0 aromatic heterocycles. The number of benzene rings is 2. The minimum absolute atomic E-state index is 0.0479. The van der Waals surface area contributed by atoms with Crippen molar-refractivity contribution in [2.75, 3.05) is 19.0 Å². The first-order valence-electron chi connectivity index (χ1n) is 11.5. The van der Waals surface area contributed by atoms with E-state index in [0.29, 0.717) is 23.8 Å². The molecule has 2 aromatic carbocycles. The fourth-order valence-corrected chi connectivity index (χ4v) is 6.11. The van der Waals surface area contributed by atoms with Gasteiger partial charge in [-0.2, -0.15) is 0 Å². The van der Waals surface area contributed by atoms with Crippen molar-refractivity contribution in [3.05, 3.63) is 53.1 Å². The SMILES string of the molecule is CC[Si](C)(C)c1c(F)cc(NC(=O)[C@H]2c3ccc(OC)cc3CCN2C(=O)CCC(=O)O)cc1F. The van der Waals surface area contributed by atoms with Crippen LogP contribution in [-0.4, -0.2) is 49.5 Å². The first-order chi connectivity index (χ1) is 16.5. The Labute approximate surface area is 204 Å². The average Bonchev–Trinajstić information content (AvgIpc) is 2.80. The Morgan fingerprint density at radius 1 is 1.14 bits per heavy atom. The molecule has 2 amide bonds. The van der Waals surface area contributed by atoms with Crippen LogP contribution in [0, 0.1) is 11.6 Å². The van der Waals surface area contributed by atoms with E-state index in [1.165, 1.54) is 12.0 Å². The summed E-state index contributed by atoms with van der Waals surface area (Å²) in [6, 6.07) is 6.90. The first-order valence-corrected chi connectivity index (χ1v) is 14.7. The molecule has 188 valence electrons. The number of hydrogen-bond acceptors (Lipinski definition) is 4. The maximum Gasteiger partial charge on any atom is 0.303 e. The Morgan fingerprint density at radius 3 is 2.37 bits per heavy atom. The van der Waals surface area contributed by atoms with Gasteiger partial charge in [-0.3, -0.25) is 14.4 Å². The van der Waals surface area contributed by atoms with Crippen LogP contribution in [0.4, 0.5) is 14.5 Å². The number of anilines is 1. The van der Waals surface area contributed by atoms with Gasteiger partial charge in [0.2, 0.25) is 5.91 Å². The van der Waals surface area contributed by atoms with Gasteiger partial charge >= 0.3 is 5.97 Å². The van der Waals surface area contributed by atoms with Gasteiger partial charge in [0.25, 0.3) is 5.91 Å². The van der Waals surface area contributed by atoms with Gasteiger partial charge in [0.1, 0.15) is 23.4 Å². The lowest BCUT2D eigenvalue weighted by atomic mass is 9.91. The number of methoxy groups -OCH3 is 1. The molecule has 0 fully saturated rings. The van der Waals surface area contributed by atoms with Crippen LogP contribution in [0.25, 0.3) is 0 Å². The van der Waals surface area contributed by atoms with Gasteiger partial charge in [-0.05, 0) is 41.8 Å². The summed E-state index contributed by atoms with van der Waals surface area (Å²) in [6.07, 6.45) is -0.183. The number of carboxylic acids is 1. The van der Waals surface area contributed by atoms with Crippen molar-refractivity contribution in [2.24, 2.45) is 0 Å². The van der Waals surface area contributed by atoms with E-state index in [1.807, 2.05) is 20.0 Å². The molecule has 1 aliphatic heterocycles. The van der Waals surface area contributed by atoms with E-state index in [1.54, 1.807) is 18.2 Å². The van der Waals surface area contributed by atoms with Crippen LogP contribution in [0.1, 0.15) is 36.9 Å². The van der Waals surface area contributed by atoms with E-state index in [-0.39, 0.29) is 30.3 Å². The van der Waals surface area contributed by atoms with E-state index in [9.17, 15) is 23.2 Å². The summed E-state index contributed by atoms with van der Waals surface area (Å²) in [6.45, 7) is 5.84. The number of carboxylic acid groups (broad SMARTS) is 1. The van der Waals surface area contributed by atoms with E-state index in [0.717, 1.165) is 17.7 Å². The van der Waals surface area contributed by atoms with E-state index in [4.69, 9.17) is 9.84 Å². The van der Waals surface area contributed by atoms with Crippen molar-refractivity contribution in [2.45, 2.75) is 51.4 Å². The molecule has 0 saturated heterocycles. The van der Waals surface area contributed by atoms with Gasteiger partial charge in [-0.25, -0.2) is 8.78 Å². The molecule has 1 heterocycles. The van der Waals surface area contributed by atoms with Gasteiger partial charge in [-0.15, -0.1) is 0 Å². The van der Waals surface area contributed by atoms with Crippen molar-refractivity contribution in [1.29, 1.82) is 0 Å². The normalized spacial score (nSPS) is 15.4. The van der Waals surface area contributed by atoms with Crippen LogP contribution >= 0.6 is 0 Å². The van der Waals surface area contributed by atoms with Gasteiger partial charge in [0.15, 0.2) is 0 Å². The molecule has 0 saturated carbocycles. The summed E-state index contributed by atoms with van der Waals surface area (Å²) in [5.41, 5.74) is 1.30. The molecule has 0 spiro atoms. The zero-order chi connectivity index (χ0) is 25.9. The maximum atomic E-state index is 14.9. The largest absolute Gasteiger partial charge is 0.497 e. The van der Waals surface area contributed by atoms with E-state index >= 15 is 0 Å². The first kappa shape index (κ1) is 26.3. The second kappa shape index (κ2) is 10.6. The number of hydrogen-bond donors (Lipinski definition) is 2. The zero-order valence-corrected chi connectivity index (χ0v) is 21.3. The van der Waals surface area contributed by atoms with Crippen LogP contribution in [0.15, 0.2) is 30.3 Å². The second-order valence-corrected chi connectivity index (χ2v) is 14.2. The minimum Gasteiger partial charge on any atom is -0.497 e. The van der Waals surface area contributed by atoms with Crippen LogP contribution in [-0.2, 0) is 20.8 Å². The van der Waals surface area contributed by atoms with Gasteiger partial charge < -0.3 is 20.1 Å². The summed E-state index contributed by atoms with van der Waals surface area (Å²) in [4.78, 5) is 38.5. The molecule has 1 atom stereocenters. The number of amides is 2. The van der Waals surface area contributed by atoms with E-state index in [2.05, 4.69) is 5.32 Å². The van der Waals surface area contributed by atoms with Crippen molar-refractivity contribution in [3.63, 3.8) is 0 Å². The van der Waals surface area contributed by atoms with Gasteiger partial charge in [0, 0.05) is 23.8 Å². The Balaban J connectivity index is 1.96. The average molecular weight is 505 g/mol. The molecule has 0 bridgehead atoms.